The maximum Gasteiger partial charge on any atom is 0.271 e. The number of anilines is 1. The van der Waals surface area contributed by atoms with Crippen molar-refractivity contribution in [3.63, 3.8) is 0 Å². The van der Waals surface area contributed by atoms with E-state index in [4.69, 9.17) is 4.74 Å². The molecule has 1 aliphatic rings. The average Bonchev–Trinajstić information content (AvgIpc) is 3.11. The molecule has 0 radical (unpaired) electrons. The number of carbonyl (C=O) groups is 1. The van der Waals surface area contributed by atoms with Crippen LogP contribution in [0.25, 0.3) is 0 Å². The van der Waals surface area contributed by atoms with Gasteiger partial charge in [0.2, 0.25) is 11.8 Å². The second-order valence-electron chi connectivity index (χ2n) is 5.40. The van der Waals surface area contributed by atoms with Crippen LogP contribution in [0.3, 0.4) is 0 Å². The number of aromatic nitrogens is 4. The van der Waals surface area contributed by atoms with Gasteiger partial charge in [0, 0.05) is 38.6 Å². The monoisotopic (exact) mass is 316 g/mol. The van der Waals surface area contributed by atoms with Gasteiger partial charge in [0.1, 0.15) is 5.69 Å². The van der Waals surface area contributed by atoms with Crippen LogP contribution in [0.1, 0.15) is 29.4 Å². The summed E-state index contributed by atoms with van der Waals surface area (Å²) in [6, 6.07) is 3.66. The first kappa shape index (κ1) is 15.3. The van der Waals surface area contributed by atoms with Crippen molar-refractivity contribution in [2.75, 3.05) is 32.1 Å². The van der Waals surface area contributed by atoms with E-state index in [0.717, 1.165) is 25.9 Å². The third kappa shape index (κ3) is 3.25. The molecule has 8 heteroatoms. The molecule has 1 atom stereocenters. The van der Waals surface area contributed by atoms with E-state index >= 15 is 0 Å². The first-order valence-corrected chi connectivity index (χ1v) is 7.60. The van der Waals surface area contributed by atoms with Crippen LogP contribution in [0.15, 0.2) is 24.5 Å². The normalized spacial score (nSPS) is 17.8. The highest BCUT2D eigenvalue weighted by Gasteiger charge is 2.24. The Morgan fingerprint density at radius 1 is 1.43 bits per heavy atom. The lowest BCUT2D eigenvalue weighted by Crippen LogP contribution is -2.38. The van der Waals surface area contributed by atoms with Crippen molar-refractivity contribution in [1.82, 2.24) is 25.1 Å². The molecule has 0 aliphatic carbocycles. The molecule has 1 saturated heterocycles. The van der Waals surface area contributed by atoms with Crippen molar-refractivity contribution >= 4 is 11.9 Å². The number of rotatable bonds is 4. The number of piperidine rings is 1. The Morgan fingerprint density at radius 3 is 3.09 bits per heavy atom. The Labute approximate surface area is 134 Å². The average molecular weight is 316 g/mol. The molecule has 1 amide bonds. The molecule has 0 aromatic carbocycles. The highest BCUT2D eigenvalue weighted by Crippen LogP contribution is 2.24. The van der Waals surface area contributed by atoms with Gasteiger partial charge in [-0.25, -0.2) is 4.98 Å². The minimum atomic E-state index is -0.174. The molecule has 2 aromatic rings. The minimum Gasteiger partial charge on any atom is -0.481 e. The predicted octanol–water partition coefficient (Wildman–Crippen LogP) is 0.883. The van der Waals surface area contributed by atoms with Gasteiger partial charge in [0.25, 0.3) is 5.91 Å². The van der Waals surface area contributed by atoms with Crippen LogP contribution < -0.4 is 15.0 Å². The maximum absolute atomic E-state index is 11.6. The van der Waals surface area contributed by atoms with Crippen LogP contribution in [-0.2, 0) is 0 Å². The Kier molecular flexibility index (Phi) is 4.40. The largest absolute Gasteiger partial charge is 0.481 e. The molecular formula is C15H20N6O2. The predicted molar refractivity (Wildman–Crippen MR) is 84.7 cm³/mol. The van der Waals surface area contributed by atoms with Gasteiger partial charge in [-0.1, -0.05) is 0 Å². The van der Waals surface area contributed by atoms with E-state index in [0.29, 0.717) is 17.5 Å². The molecule has 0 unspecified atom stereocenters. The van der Waals surface area contributed by atoms with Gasteiger partial charge in [-0.05, 0) is 18.9 Å². The fourth-order valence-electron chi connectivity index (χ4n) is 2.74. The minimum absolute atomic E-state index is 0.174. The maximum atomic E-state index is 11.6. The molecule has 122 valence electrons. The van der Waals surface area contributed by atoms with E-state index in [2.05, 4.69) is 25.3 Å². The Bertz CT molecular complexity index is 686. The lowest BCUT2D eigenvalue weighted by atomic mass is 10.1. The second kappa shape index (κ2) is 6.64. The molecule has 1 N–H and O–H groups in total. The van der Waals surface area contributed by atoms with Gasteiger partial charge in [-0.2, -0.15) is 10.1 Å². The number of carbonyl (C=O) groups excluding carboxylic acids is 1. The van der Waals surface area contributed by atoms with E-state index in [1.165, 1.54) is 0 Å². The zero-order chi connectivity index (χ0) is 16.2. The Balaban J connectivity index is 1.75. The van der Waals surface area contributed by atoms with E-state index in [1.807, 2.05) is 10.9 Å². The fourth-order valence-corrected chi connectivity index (χ4v) is 2.74. The number of nitrogens with zero attached hydrogens (tertiary/aromatic N) is 5. The smallest absolute Gasteiger partial charge is 0.271 e. The highest BCUT2D eigenvalue weighted by atomic mass is 16.5. The highest BCUT2D eigenvalue weighted by molar-refractivity contribution is 5.91. The topological polar surface area (TPSA) is 85.2 Å². The van der Waals surface area contributed by atoms with Crippen LogP contribution in [0, 0.1) is 0 Å². The summed E-state index contributed by atoms with van der Waals surface area (Å²) < 4.78 is 7.02. The number of methoxy groups -OCH3 is 1. The molecule has 3 heterocycles. The zero-order valence-corrected chi connectivity index (χ0v) is 13.3. The van der Waals surface area contributed by atoms with E-state index in [1.54, 1.807) is 32.5 Å². The molecule has 1 aliphatic heterocycles. The quantitative estimate of drug-likeness (QED) is 0.901. The van der Waals surface area contributed by atoms with Crippen LogP contribution >= 0.6 is 0 Å². The van der Waals surface area contributed by atoms with Gasteiger partial charge in [-0.3, -0.25) is 9.48 Å². The standard InChI is InChI=1S/C15H20N6O2/c1-16-14(22)12-6-9-21(19-12)11-4-3-8-20(10-11)15-17-7-5-13(18-15)23-2/h5-7,9,11H,3-4,8,10H2,1-2H3,(H,16,22)/t11-/m0/s1. The summed E-state index contributed by atoms with van der Waals surface area (Å²) in [4.78, 5) is 22.5. The van der Waals surface area contributed by atoms with Gasteiger partial charge < -0.3 is 15.0 Å². The van der Waals surface area contributed by atoms with Gasteiger partial charge in [0.05, 0.1) is 13.2 Å². The lowest BCUT2D eigenvalue weighted by Gasteiger charge is -2.32. The summed E-state index contributed by atoms with van der Waals surface area (Å²) in [5.74, 6) is 1.04. The molecule has 1 fully saturated rings. The van der Waals surface area contributed by atoms with Crippen LogP contribution in [0.5, 0.6) is 5.88 Å². The first-order valence-electron chi connectivity index (χ1n) is 7.60. The number of hydrogen-bond acceptors (Lipinski definition) is 6. The van der Waals surface area contributed by atoms with Gasteiger partial charge >= 0.3 is 0 Å². The SMILES string of the molecule is CNC(=O)c1ccn([C@H]2CCCN(c3nccc(OC)n3)C2)n1. The molecular weight excluding hydrogens is 296 g/mol. The van der Waals surface area contributed by atoms with Crippen molar-refractivity contribution < 1.29 is 9.53 Å². The number of ether oxygens (including phenoxy) is 1. The summed E-state index contributed by atoms with van der Waals surface area (Å²) >= 11 is 0. The molecule has 0 bridgehead atoms. The lowest BCUT2D eigenvalue weighted by molar-refractivity contribution is 0.0957. The Morgan fingerprint density at radius 2 is 2.30 bits per heavy atom. The van der Waals surface area contributed by atoms with Crippen molar-refractivity contribution in [1.29, 1.82) is 0 Å². The van der Waals surface area contributed by atoms with Crippen molar-refractivity contribution in [2.45, 2.75) is 18.9 Å². The van der Waals surface area contributed by atoms with Crippen molar-refractivity contribution in [3.05, 3.63) is 30.2 Å². The van der Waals surface area contributed by atoms with Crippen LogP contribution in [0.4, 0.5) is 5.95 Å². The van der Waals surface area contributed by atoms with Crippen LogP contribution in [0.2, 0.25) is 0 Å². The Hall–Kier alpha value is -2.64. The van der Waals surface area contributed by atoms with E-state index < -0.39 is 0 Å². The number of amides is 1. The summed E-state index contributed by atoms with van der Waals surface area (Å²) in [5, 5.41) is 6.96. The molecule has 3 rings (SSSR count). The fraction of sp³-hybridized carbons (Fsp3) is 0.467. The molecule has 8 nitrogen and oxygen atoms in total. The zero-order valence-electron chi connectivity index (χ0n) is 13.3. The molecule has 2 aromatic heterocycles. The second-order valence-corrected chi connectivity index (χ2v) is 5.40. The summed E-state index contributed by atoms with van der Waals surface area (Å²) in [7, 11) is 3.19. The van der Waals surface area contributed by atoms with E-state index in [-0.39, 0.29) is 11.9 Å². The third-order valence-electron chi connectivity index (χ3n) is 3.95. The first-order chi connectivity index (χ1) is 11.2. The number of nitrogens with one attached hydrogen (secondary N) is 1. The summed E-state index contributed by atoms with van der Waals surface area (Å²) in [5.41, 5.74) is 0.433. The molecule has 0 saturated carbocycles. The van der Waals surface area contributed by atoms with Gasteiger partial charge in [0.15, 0.2) is 0 Å². The number of hydrogen-bond donors (Lipinski definition) is 1. The molecule has 0 spiro atoms. The summed E-state index contributed by atoms with van der Waals surface area (Å²) in [6.45, 7) is 1.65. The summed E-state index contributed by atoms with van der Waals surface area (Å²) in [6.07, 6.45) is 5.57. The van der Waals surface area contributed by atoms with Gasteiger partial charge in [-0.15, -0.1) is 0 Å². The van der Waals surface area contributed by atoms with E-state index in [9.17, 15) is 4.79 Å². The van der Waals surface area contributed by atoms with Crippen molar-refractivity contribution in [2.24, 2.45) is 0 Å². The van der Waals surface area contributed by atoms with Crippen LogP contribution in [-0.4, -0.2) is 52.9 Å². The third-order valence-corrected chi connectivity index (χ3v) is 3.95. The van der Waals surface area contributed by atoms with Crippen molar-refractivity contribution in [3.8, 4) is 5.88 Å². The molecule has 23 heavy (non-hydrogen) atoms.